The van der Waals surface area contributed by atoms with Crippen LogP contribution < -0.4 is 5.32 Å². The van der Waals surface area contributed by atoms with Gasteiger partial charge in [-0.05, 0) is 19.4 Å². The van der Waals surface area contributed by atoms with E-state index >= 15 is 0 Å². The Morgan fingerprint density at radius 1 is 1.55 bits per heavy atom. The molecule has 2 fully saturated rings. The van der Waals surface area contributed by atoms with E-state index in [4.69, 9.17) is 0 Å². The molecule has 2 unspecified atom stereocenters. The van der Waals surface area contributed by atoms with Crippen molar-refractivity contribution in [1.29, 1.82) is 0 Å². The SMILES string of the molecule is CCC1C(F)(F)C12CCNC2. The van der Waals surface area contributed by atoms with Gasteiger partial charge in [-0.25, -0.2) is 8.78 Å². The summed E-state index contributed by atoms with van der Waals surface area (Å²) in [5, 5.41) is 3.01. The minimum Gasteiger partial charge on any atom is -0.316 e. The van der Waals surface area contributed by atoms with Crippen molar-refractivity contribution < 1.29 is 8.78 Å². The van der Waals surface area contributed by atoms with Gasteiger partial charge in [0.1, 0.15) is 0 Å². The number of halogens is 2. The number of hydrogen-bond donors (Lipinski definition) is 1. The van der Waals surface area contributed by atoms with Crippen molar-refractivity contribution in [3.63, 3.8) is 0 Å². The first-order valence-corrected chi connectivity index (χ1v) is 4.23. The van der Waals surface area contributed by atoms with Gasteiger partial charge in [-0.3, -0.25) is 0 Å². The van der Waals surface area contributed by atoms with Gasteiger partial charge in [0.05, 0.1) is 5.41 Å². The molecule has 11 heavy (non-hydrogen) atoms. The van der Waals surface area contributed by atoms with Crippen molar-refractivity contribution in [2.45, 2.75) is 25.7 Å². The summed E-state index contributed by atoms with van der Waals surface area (Å²) in [6, 6.07) is 0. The average Bonchev–Trinajstić information content (AvgIpc) is 2.36. The summed E-state index contributed by atoms with van der Waals surface area (Å²) < 4.78 is 26.2. The lowest BCUT2D eigenvalue weighted by Gasteiger charge is -2.03. The van der Waals surface area contributed by atoms with E-state index in [0.717, 1.165) is 6.54 Å². The molecule has 1 N–H and O–H groups in total. The second kappa shape index (κ2) is 1.94. The van der Waals surface area contributed by atoms with Gasteiger partial charge in [-0.1, -0.05) is 6.92 Å². The quantitative estimate of drug-likeness (QED) is 0.616. The van der Waals surface area contributed by atoms with Crippen LogP contribution in [0, 0.1) is 11.3 Å². The Bertz CT molecular complexity index is 173. The molecule has 1 aliphatic heterocycles. The number of hydrogen-bond acceptors (Lipinski definition) is 1. The largest absolute Gasteiger partial charge is 0.316 e. The molecule has 2 atom stereocenters. The van der Waals surface area contributed by atoms with Crippen LogP contribution in [0.4, 0.5) is 8.78 Å². The zero-order chi connectivity index (χ0) is 8.11. The summed E-state index contributed by atoms with van der Waals surface area (Å²) in [5.41, 5.74) is -0.637. The summed E-state index contributed by atoms with van der Waals surface area (Å²) in [4.78, 5) is 0. The molecule has 1 aliphatic carbocycles. The molecule has 0 aromatic carbocycles. The fourth-order valence-electron chi connectivity index (χ4n) is 2.53. The minimum atomic E-state index is -2.37. The molecule has 0 bridgehead atoms. The third-order valence-corrected chi connectivity index (χ3v) is 3.28. The molecule has 0 amide bonds. The van der Waals surface area contributed by atoms with Gasteiger partial charge in [0.25, 0.3) is 5.92 Å². The van der Waals surface area contributed by atoms with Gasteiger partial charge in [0.2, 0.25) is 0 Å². The zero-order valence-corrected chi connectivity index (χ0v) is 6.66. The first-order valence-electron chi connectivity index (χ1n) is 4.23. The van der Waals surface area contributed by atoms with Crippen LogP contribution in [-0.4, -0.2) is 19.0 Å². The van der Waals surface area contributed by atoms with Crippen LogP contribution in [0.15, 0.2) is 0 Å². The Kier molecular flexibility index (Phi) is 1.32. The normalized spacial score (nSPS) is 46.6. The smallest absolute Gasteiger partial charge is 0.258 e. The van der Waals surface area contributed by atoms with Crippen LogP contribution in [-0.2, 0) is 0 Å². The fourth-order valence-corrected chi connectivity index (χ4v) is 2.53. The van der Waals surface area contributed by atoms with Gasteiger partial charge < -0.3 is 5.32 Å². The van der Waals surface area contributed by atoms with Crippen LogP contribution in [0.1, 0.15) is 19.8 Å². The van der Waals surface area contributed by atoms with Crippen molar-refractivity contribution in [3.05, 3.63) is 0 Å². The van der Waals surface area contributed by atoms with Gasteiger partial charge >= 0.3 is 0 Å². The molecule has 3 heteroatoms. The third kappa shape index (κ3) is 0.675. The molecule has 1 saturated carbocycles. The van der Waals surface area contributed by atoms with E-state index in [0.29, 0.717) is 19.4 Å². The molecule has 2 aliphatic rings. The van der Waals surface area contributed by atoms with Crippen LogP contribution in [0.25, 0.3) is 0 Å². The maximum atomic E-state index is 13.1. The summed E-state index contributed by atoms with van der Waals surface area (Å²) >= 11 is 0. The molecule has 1 saturated heterocycles. The molecule has 2 rings (SSSR count). The van der Waals surface area contributed by atoms with Gasteiger partial charge in [0, 0.05) is 12.5 Å². The summed E-state index contributed by atoms with van der Waals surface area (Å²) in [6.07, 6.45) is 1.28. The van der Waals surface area contributed by atoms with Crippen LogP contribution in [0.2, 0.25) is 0 Å². The number of alkyl halides is 2. The van der Waals surface area contributed by atoms with Crippen LogP contribution in [0.5, 0.6) is 0 Å². The molecule has 1 heterocycles. The van der Waals surface area contributed by atoms with Crippen molar-refractivity contribution in [3.8, 4) is 0 Å². The van der Waals surface area contributed by atoms with E-state index in [1.54, 1.807) is 0 Å². The molecule has 0 aromatic heterocycles. The molecule has 1 nitrogen and oxygen atoms in total. The topological polar surface area (TPSA) is 12.0 Å². The van der Waals surface area contributed by atoms with Crippen LogP contribution in [0.3, 0.4) is 0 Å². The fraction of sp³-hybridized carbons (Fsp3) is 1.00. The van der Waals surface area contributed by atoms with E-state index in [-0.39, 0.29) is 5.92 Å². The molecule has 64 valence electrons. The average molecular weight is 161 g/mol. The Labute approximate surface area is 65.2 Å². The first kappa shape index (κ1) is 7.47. The molecule has 0 radical (unpaired) electrons. The van der Waals surface area contributed by atoms with Gasteiger partial charge in [0.15, 0.2) is 0 Å². The van der Waals surface area contributed by atoms with Crippen molar-refractivity contribution >= 4 is 0 Å². The molecular formula is C8H13F2N. The zero-order valence-electron chi connectivity index (χ0n) is 6.66. The highest BCUT2D eigenvalue weighted by Crippen LogP contribution is 2.69. The highest BCUT2D eigenvalue weighted by atomic mass is 19.3. The Morgan fingerprint density at radius 3 is 2.64 bits per heavy atom. The van der Waals surface area contributed by atoms with E-state index < -0.39 is 11.3 Å². The first-order chi connectivity index (χ1) is 5.15. The molecule has 0 aromatic rings. The Morgan fingerprint density at radius 2 is 2.27 bits per heavy atom. The van der Waals surface area contributed by atoms with Gasteiger partial charge in [-0.15, -0.1) is 0 Å². The second-order valence-electron chi connectivity index (χ2n) is 3.67. The maximum absolute atomic E-state index is 13.1. The Hall–Kier alpha value is -0.180. The van der Waals surface area contributed by atoms with Crippen molar-refractivity contribution in [1.82, 2.24) is 5.32 Å². The van der Waals surface area contributed by atoms with E-state index in [2.05, 4.69) is 5.32 Å². The highest BCUT2D eigenvalue weighted by Gasteiger charge is 2.79. The summed E-state index contributed by atoms with van der Waals surface area (Å²) in [7, 11) is 0. The van der Waals surface area contributed by atoms with E-state index in [9.17, 15) is 8.78 Å². The van der Waals surface area contributed by atoms with Crippen LogP contribution >= 0.6 is 0 Å². The molecular weight excluding hydrogens is 148 g/mol. The summed E-state index contributed by atoms with van der Waals surface area (Å²) in [5.74, 6) is -2.71. The highest BCUT2D eigenvalue weighted by molar-refractivity contribution is 5.20. The lowest BCUT2D eigenvalue weighted by Crippen LogP contribution is -2.15. The third-order valence-electron chi connectivity index (χ3n) is 3.28. The predicted molar refractivity (Wildman–Crippen MR) is 38.6 cm³/mol. The van der Waals surface area contributed by atoms with Crippen molar-refractivity contribution in [2.24, 2.45) is 11.3 Å². The maximum Gasteiger partial charge on any atom is 0.258 e. The lowest BCUT2D eigenvalue weighted by atomic mass is 10.0. The second-order valence-corrected chi connectivity index (χ2v) is 3.67. The molecule has 1 spiro atoms. The minimum absolute atomic E-state index is 0.343. The number of nitrogens with one attached hydrogen (secondary N) is 1. The van der Waals surface area contributed by atoms with E-state index in [1.165, 1.54) is 0 Å². The number of rotatable bonds is 1. The standard InChI is InChI=1S/C8H13F2N/c1-2-6-7(8(6,9)10)3-4-11-5-7/h6,11H,2-5H2,1H3. The predicted octanol–water partition coefficient (Wildman–Crippen LogP) is 1.64. The summed E-state index contributed by atoms with van der Waals surface area (Å²) in [6.45, 7) is 3.15. The van der Waals surface area contributed by atoms with Gasteiger partial charge in [-0.2, -0.15) is 0 Å². The van der Waals surface area contributed by atoms with E-state index in [1.807, 2.05) is 6.92 Å². The Balaban J connectivity index is 2.17. The monoisotopic (exact) mass is 161 g/mol. The van der Waals surface area contributed by atoms with Crippen molar-refractivity contribution in [2.75, 3.05) is 13.1 Å². The lowest BCUT2D eigenvalue weighted by molar-refractivity contribution is 0.0619.